The Labute approximate surface area is 668 Å². The summed E-state index contributed by atoms with van der Waals surface area (Å²) in [5.41, 5.74) is 7.09. The number of aliphatic carboxylic acids is 1. The summed E-state index contributed by atoms with van der Waals surface area (Å²) in [5, 5.41) is 96.1. The minimum atomic E-state index is -1.80. The van der Waals surface area contributed by atoms with Gasteiger partial charge in [-0.05, 0) is 156 Å². The number of amides is 12. The molecule has 5 aliphatic rings. The molecule has 36 heteroatoms. The van der Waals surface area contributed by atoms with Gasteiger partial charge in [-0.25, -0.2) is 0 Å². The molecule has 22 N–H and O–H groups in total. The van der Waals surface area contributed by atoms with E-state index >= 15 is 4.79 Å². The summed E-state index contributed by atoms with van der Waals surface area (Å²) >= 11 is 2.71. The fraction of sp³-hybridized carbons (Fsp3) is 0.675. The Morgan fingerprint density at radius 1 is 0.566 bits per heavy atom. The van der Waals surface area contributed by atoms with E-state index in [0.29, 0.717) is 68.3 Å². The Kier molecular flexibility index (Phi) is 36.8. The van der Waals surface area contributed by atoms with Gasteiger partial charge in [-0.1, -0.05) is 83.9 Å². The van der Waals surface area contributed by atoms with Crippen LogP contribution in [0.5, 0.6) is 5.75 Å². The van der Waals surface area contributed by atoms with Crippen LogP contribution in [0.1, 0.15) is 168 Å². The van der Waals surface area contributed by atoms with Gasteiger partial charge in [-0.2, -0.15) is 23.5 Å². The van der Waals surface area contributed by atoms with Crippen molar-refractivity contribution in [2.24, 2.45) is 28.9 Å². The number of phenols is 1. The topological polar surface area (TPSA) is 530 Å². The van der Waals surface area contributed by atoms with Crippen LogP contribution in [0.25, 0.3) is 0 Å². The van der Waals surface area contributed by atoms with Crippen LogP contribution < -0.4 is 85.5 Å². The first kappa shape index (κ1) is 91.9. The average molecular weight is 1620 g/mol. The Bertz CT molecular complexity index is 3560. The standard InChI is InChI=1S/C77H120N16O18S2/c1-8-12-52-67(102)85-54(25-26-61(99)100)68(103)86-55(31-43-17-21-49(96)22-18-43)70(105)84-53(13-9-2)69(104)92-63(42(4)95)75(110)90-59(65(78)101)39-113-38-46-15-10-14-45(30-46)37-112-29-27-60(98)91-64(77(5,6)7)76(111)89-56(32-44-19-23-50(97)24-20-44)71(106)87-58(34-48-36-79-40-82-48)73(108)93-62(41(3)94)74(109)88-57(72(107)83-52)33-47-35-81-66-51(47)16-11-28-80-66/h10,14-15,19-20,23-24,30,41-43,47-49,51-59,62-64,66,79-82,94-97H,8-9,11-13,16-18,21-22,25-29,31-40H2,1-7H3,(H2,78,101)(H,83,107)(H,84,105)(H,85,102)(H,86,103)(H,87,106)(H,88,109)(H,89,111)(H,90,110)(H,91,98)(H,92,104)(H,93,108)(H,99,100)/t41-,42-,43?,47?,48?,49?,51?,52+,53+,54+,55+,56-,57+,58+,59+,62+,63+,64-,66?/m1/s1. The molecule has 2 bridgehead atoms. The number of hydrogen-bond donors (Lipinski definition) is 21. The van der Waals surface area contributed by atoms with Crippen LogP contribution in [-0.4, -0.2) is 237 Å². The van der Waals surface area contributed by atoms with Gasteiger partial charge in [0.15, 0.2) is 0 Å². The average Bonchev–Trinajstić information content (AvgIpc) is 1.75. The number of rotatable bonds is 18. The molecule has 4 heterocycles. The lowest BCUT2D eigenvalue weighted by Crippen LogP contribution is -2.63. The molecule has 17 atom stereocenters. The van der Waals surface area contributed by atoms with Gasteiger partial charge in [0.2, 0.25) is 70.9 Å². The molecule has 4 aliphatic heterocycles. The number of nitrogens with one attached hydrogen (secondary N) is 15. The van der Waals surface area contributed by atoms with Crippen LogP contribution >= 0.6 is 23.5 Å². The second-order valence-corrected chi connectivity index (χ2v) is 33.7. The predicted octanol–water partition coefficient (Wildman–Crippen LogP) is -1.62. The van der Waals surface area contributed by atoms with E-state index < -0.39 is 186 Å². The van der Waals surface area contributed by atoms with Crippen molar-refractivity contribution in [3.05, 3.63) is 65.2 Å². The molecule has 4 fully saturated rings. The lowest BCUT2D eigenvalue weighted by molar-refractivity contribution is -0.139. The molecule has 0 aromatic heterocycles. The number of hydrogen-bond acceptors (Lipinski definition) is 23. The first-order chi connectivity index (χ1) is 53.7. The summed E-state index contributed by atoms with van der Waals surface area (Å²) in [4.78, 5) is 187. The van der Waals surface area contributed by atoms with Gasteiger partial charge in [0.05, 0.1) is 24.5 Å². The van der Waals surface area contributed by atoms with Gasteiger partial charge in [0.1, 0.15) is 72.2 Å². The highest BCUT2D eigenvalue weighted by Gasteiger charge is 2.44. The largest absolute Gasteiger partial charge is 0.508 e. The molecular weight excluding hydrogens is 1500 g/mol. The van der Waals surface area contributed by atoms with Gasteiger partial charge >= 0.3 is 5.97 Å². The predicted molar refractivity (Wildman–Crippen MR) is 423 cm³/mol. The lowest BCUT2D eigenvalue weighted by Gasteiger charge is -2.33. The minimum absolute atomic E-state index is 0.0174. The molecule has 1 aliphatic carbocycles. The summed E-state index contributed by atoms with van der Waals surface area (Å²) < 4.78 is 0. The van der Waals surface area contributed by atoms with E-state index in [2.05, 4.69) is 79.8 Å². The van der Waals surface area contributed by atoms with Crippen molar-refractivity contribution in [2.75, 3.05) is 37.8 Å². The summed E-state index contributed by atoms with van der Waals surface area (Å²) in [6, 6.07) is -3.41. The third kappa shape index (κ3) is 29.5. The third-order valence-electron chi connectivity index (χ3n) is 21.2. The van der Waals surface area contributed by atoms with Gasteiger partial charge in [-0.3, -0.25) is 62.3 Å². The van der Waals surface area contributed by atoms with Gasteiger partial charge in [-0.15, -0.1) is 0 Å². The fourth-order valence-electron chi connectivity index (χ4n) is 14.8. The molecule has 2 aromatic carbocycles. The number of carbonyl (C=O) groups excluding carboxylic acids is 12. The maximum Gasteiger partial charge on any atom is 0.303 e. The van der Waals surface area contributed by atoms with Gasteiger partial charge in [0.25, 0.3) is 0 Å². The van der Waals surface area contributed by atoms with Crippen molar-refractivity contribution in [3.8, 4) is 5.75 Å². The molecule has 3 saturated heterocycles. The number of aliphatic hydroxyl groups is 3. The normalized spacial score (nSPS) is 30.3. The summed E-state index contributed by atoms with van der Waals surface area (Å²) in [6.45, 7) is 12.9. The zero-order chi connectivity index (χ0) is 82.6. The van der Waals surface area contributed by atoms with Gasteiger partial charge in [0, 0.05) is 61.5 Å². The number of aromatic hydroxyl groups is 1. The number of fused-ring (bicyclic) bond motifs is 3. The van der Waals surface area contributed by atoms with E-state index in [1.165, 1.54) is 49.5 Å². The first-order valence-corrected chi connectivity index (χ1v) is 41.8. The number of phenolic OH excluding ortho intramolecular Hbond substituents is 1. The highest BCUT2D eigenvalue weighted by atomic mass is 32.2. The third-order valence-corrected chi connectivity index (χ3v) is 23.3. The zero-order valence-electron chi connectivity index (χ0n) is 65.7. The molecule has 2 aromatic rings. The van der Waals surface area contributed by atoms with E-state index in [4.69, 9.17) is 5.73 Å². The number of benzene rings is 2. The van der Waals surface area contributed by atoms with Crippen LogP contribution in [0.15, 0.2) is 48.5 Å². The SMILES string of the molecule is CCC[C@@H]1NC(=O)[C@H](CC2CNC3NCCCC23)NC(=O)[C@H]([C@@H](C)O)NC(=O)[C@H](CC2CNCN2)NC(=O)[C@@H](Cc2ccc(O)cc2)NC(=O)[C@H](C(C)(C)C)NC(=O)CCSCc2cccc(c2)CSC[C@@H](C(N)=O)NC(=O)[C@H]([C@@H](C)O)NC(=O)[C@H](CCC)NC(=O)[C@H](CC2CCC(O)CC2)NC(=O)[C@H](CCC(=O)O)NC1=O. The van der Waals surface area contributed by atoms with Gasteiger partial charge < -0.3 is 111 Å². The number of nitrogens with two attached hydrogens (primary N) is 1. The van der Waals surface area contributed by atoms with Crippen LogP contribution in [0.2, 0.25) is 0 Å². The maximum absolute atomic E-state index is 15.1. The molecule has 7 rings (SSSR count). The second-order valence-electron chi connectivity index (χ2n) is 31.5. The Morgan fingerprint density at radius 2 is 1.08 bits per heavy atom. The molecule has 4 unspecified atom stereocenters. The molecule has 12 amide bonds. The molecular formula is C77H120N16O18S2. The molecule has 1 saturated carbocycles. The monoisotopic (exact) mass is 1620 g/mol. The van der Waals surface area contributed by atoms with Crippen LogP contribution in [-0.2, 0) is 80.3 Å². The molecule has 0 spiro atoms. The van der Waals surface area contributed by atoms with E-state index in [0.717, 1.165) is 30.5 Å². The fourth-order valence-corrected chi connectivity index (χ4v) is 16.7. The van der Waals surface area contributed by atoms with Crippen molar-refractivity contribution in [1.29, 1.82) is 0 Å². The van der Waals surface area contributed by atoms with E-state index in [9.17, 15) is 83.1 Å². The Hall–Kier alpha value is -8.23. The van der Waals surface area contributed by atoms with Crippen LogP contribution in [0.3, 0.4) is 0 Å². The van der Waals surface area contributed by atoms with Crippen molar-refractivity contribution >= 4 is 100 Å². The summed E-state index contributed by atoms with van der Waals surface area (Å²) in [6.07, 6.45) is -1.96. The number of carboxylic acids is 1. The minimum Gasteiger partial charge on any atom is -0.508 e. The highest BCUT2D eigenvalue weighted by molar-refractivity contribution is 7.98. The molecule has 0 radical (unpaired) electrons. The lowest BCUT2D eigenvalue weighted by atomic mass is 9.83. The van der Waals surface area contributed by atoms with E-state index in [1.54, 1.807) is 46.8 Å². The second kappa shape index (κ2) is 45.2. The number of piperidine rings is 1. The number of carboxylic acid groups (broad SMARTS) is 1. The Morgan fingerprint density at radius 3 is 1.64 bits per heavy atom. The number of aliphatic hydroxyl groups excluding tert-OH is 3. The summed E-state index contributed by atoms with van der Waals surface area (Å²) in [7, 11) is 0. The van der Waals surface area contributed by atoms with Crippen molar-refractivity contribution < 1.29 is 87.9 Å². The van der Waals surface area contributed by atoms with Crippen LogP contribution in [0, 0.1) is 23.2 Å². The molecule has 628 valence electrons. The van der Waals surface area contributed by atoms with Crippen LogP contribution in [0.4, 0.5) is 0 Å². The molecule has 34 nitrogen and oxygen atoms in total. The number of carbonyl (C=O) groups is 13. The summed E-state index contributed by atoms with van der Waals surface area (Å²) in [5.74, 6) is -11.5. The molecule has 113 heavy (non-hydrogen) atoms. The first-order valence-electron chi connectivity index (χ1n) is 39.5. The van der Waals surface area contributed by atoms with E-state index in [-0.39, 0.29) is 93.2 Å². The van der Waals surface area contributed by atoms with E-state index in [1.807, 2.05) is 24.3 Å². The zero-order valence-corrected chi connectivity index (χ0v) is 67.3. The van der Waals surface area contributed by atoms with Crippen molar-refractivity contribution in [1.82, 2.24) is 79.8 Å². The Balaban J connectivity index is 1.23. The number of primary amides is 1. The highest BCUT2D eigenvalue weighted by Crippen LogP contribution is 2.33. The maximum atomic E-state index is 15.1. The van der Waals surface area contributed by atoms with Crippen molar-refractivity contribution in [3.63, 3.8) is 0 Å². The van der Waals surface area contributed by atoms with Crippen molar-refractivity contribution in [2.45, 2.75) is 266 Å². The quantitative estimate of drug-likeness (QED) is 0.0798. The number of thioether (sulfide) groups is 2. The smallest absolute Gasteiger partial charge is 0.303 e.